The van der Waals surface area contributed by atoms with E-state index < -0.39 is 0 Å². The molecule has 0 aromatic heterocycles. The summed E-state index contributed by atoms with van der Waals surface area (Å²) < 4.78 is 0. The van der Waals surface area contributed by atoms with Crippen molar-refractivity contribution in [3.8, 4) is 0 Å². The minimum Gasteiger partial charge on any atom is -0.307 e. The number of carbonyl (C=O) groups excluding carboxylic acids is 1. The number of nitrogens with zero attached hydrogens (tertiary/aromatic N) is 1. The van der Waals surface area contributed by atoms with Gasteiger partial charge in [-0.05, 0) is 42.2 Å². The maximum absolute atomic E-state index is 12.8. The van der Waals surface area contributed by atoms with Crippen molar-refractivity contribution in [3.63, 3.8) is 0 Å². The summed E-state index contributed by atoms with van der Waals surface area (Å²) in [5, 5.41) is 0. The summed E-state index contributed by atoms with van der Waals surface area (Å²) in [6.45, 7) is 0.819. The Morgan fingerprint density at radius 2 is 1.86 bits per heavy atom. The number of amides is 1. The van der Waals surface area contributed by atoms with Crippen molar-refractivity contribution in [1.82, 2.24) is 0 Å². The van der Waals surface area contributed by atoms with Crippen LogP contribution in [0.1, 0.15) is 45.1 Å². The third-order valence-electron chi connectivity index (χ3n) is 4.59. The molecule has 2 unspecified atom stereocenters. The van der Waals surface area contributed by atoms with Gasteiger partial charge in [-0.2, -0.15) is 0 Å². The standard InChI is InChI=1S/C18H16BrNO/c19-15-10-9-13-11-20(16-8-4-7-14(15)17(13)16)18(21)12-5-2-1-3-6-12/h1-8,13,15H,9-11H2. The molecule has 1 amide bonds. The van der Waals surface area contributed by atoms with Gasteiger partial charge in [-0.25, -0.2) is 0 Å². The van der Waals surface area contributed by atoms with Crippen LogP contribution in [0.5, 0.6) is 0 Å². The van der Waals surface area contributed by atoms with Crippen molar-refractivity contribution in [2.24, 2.45) is 0 Å². The number of hydrogen-bond donors (Lipinski definition) is 0. The number of hydrogen-bond acceptors (Lipinski definition) is 1. The number of carbonyl (C=O) groups is 1. The van der Waals surface area contributed by atoms with Crippen LogP contribution in [0.15, 0.2) is 48.5 Å². The van der Waals surface area contributed by atoms with E-state index in [2.05, 4.69) is 34.1 Å². The number of anilines is 1. The zero-order valence-electron chi connectivity index (χ0n) is 11.6. The highest BCUT2D eigenvalue weighted by atomic mass is 79.9. The van der Waals surface area contributed by atoms with Crippen LogP contribution in [0.3, 0.4) is 0 Å². The van der Waals surface area contributed by atoms with E-state index >= 15 is 0 Å². The second-order valence-electron chi connectivity index (χ2n) is 5.80. The summed E-state index contributed by atoms with van der Waals surface area (Å²) >= 11 is 3.77. The SMILES string of the molecule is O=C(c1ccccc1)N1CC2CCC(Br)c3cccc1c32. The molecule has 21 heavy (non-hydrogen) atoms. The average Bonchev–Trinajstić information content (AvgIpc) is 2.91. The number of halogens is 1. The fourth-order valence-corrected chi connectivity index (χ4v) is 4.26. The highest BCUT2D eigenvalue weighted by Gasteiger charge is 2.38. The Morgan fingerprint density at radius 1 is 1.05 bits per heavy atom. The minimum absolute atomic E-state index is 0.115. The van der Waals surface area contributed by atoms with Crippen molar-refractivity contribution < 1.29 is 4.79 Å². The van der Waals surface area contributed by atoms with Crippen molar-refractivity contribution in [2.45, 2.75) is 23.6 Å². The maximum Gasteiger partial charge on any atom is 0.258 e. The number of rotatable bonds is 1. The molecular formula is C18H16BrNO. The summed E-state index contributed by atoms with van der Waals surface area (Å²) in [7, 11) is 0. The van der Waals surface area contributed by atoms with Gasteiger partial charge in [0.05, 0.1) is 0 Å². The summed E-state index contributed by atoms with van der Waals surface area (Å²) in [5.41, 5.74) is 4.63. The lowest BCUT2D eigenvalue weighted by Crippen LogP contribution is -2.29. The molecule has 0 spiro atoms. The maximum atomic E-state index is 12.8. The topological polar surface area (TPSA) is 20.3 Å². The van der Waals surface area contributed by atoms with Crippen LogP contribution in [0, 0.1) is 0 Å². The molecule has 0 radical (unpaired) electrons. The largest absolute Gasteiger partial charge is 0.307 e. The smallest absolute Gasteiger partial charge is 0.258 e. The second kappa shape index (κ2) is 4.99. The second-order valence-corrected chi connectivity index (χ2v) is 6.91. The van der Waals surface area contributed by atoms with E-state index in [1.807, 2.05) is 35.2 Å². The van der Waals surface area contributed by atoms with Crippen molar-refractivity contribution >= 4 is 27.5 Å². The van der Waals surface area contributed by atoms with Gasteiger partial charge >= 0.3 is 0 Å². The zero-order chi connectivity index (χ0) is 14.4. The molecule has 106 valence electrons. The molecule has 4 rings (SSSR count). The number of alkyl halides is 1. The molecule has 1 aliphatic heterocycles. The molecule has 0 N–H and O–H groups in total. The molecule has 0 fully saturated rings. The Hall–Kier alpha value is -1.61. The molecule has 0 saturated carbocycles. The van der Waals surface area contributed by atoms with Gasteiger partial charge in [0.25, 0.3) is 5.91 Å². The lowest BCUT2D eigenvalue weighted by Gasteiger charge is -2.24. The predicted molar refractivity (Wildman–Crippen MR) is 88.2 cm³/mol. The van der Waals surface area contributed by atoms with Gasteiger partial charge in [-0.15, -0.1) is 0 Å². The average molecular weight is 342 g/mol. The molecule has 0 saturated heterocycles. The van der Waals surface area contributed by atoms with Crippen LogP contribution in [-0.2, 0) is 0 Å². The lowest BCUT2D eigenvalue weighted by molar-refractivity contribution is 0.0988. The van der Waals surface area contributed by atoms with Crippen molar-refractivity contribution in [1.29, 1.82) is 0 Å². The molecule has 2 aromatic carbocycles. The van der Waals surface area contributed by atoms with Gasteiger partial charge in [0.15, 0.2) is 0 Å². The van der Waals surface area contributed by atoms with Gasteiger partial charge in [0.2, 0.25) is 0 Å². The Bertz CT molecular complexity index is 698. The van der Waals surface area contributed by atoms with E-state index in [9.17, 15) is 4.79 Å². The molecular weight excluding hydrogens is 326 g/mol. The van der Waals surface area contributed by atoms with Crippen LogP contribution in [-0.4, -0.2) is 12.5 Å². The van der Waals surface area contributed by atoms with Gasteiger partial charge in [0.1, 0.15) is 0 Å². The van der Waals surface area contributed by atoms with E-state index in [1.165, 1.54) is 11.1 Å². The first-order chi connectivity index (χ1) is 10.3. The van der Waals surface area contributed by atoms with Crippen LogP contribution < -0.4 is 4.90 Å². The third kappa shape index (κ3) is 2.03. The Kier molecular flexibility index (Phi) is 3.11. The predicted octanol–water partition coefficient (Wildman–Crippen LogP) is 4.66. The Morgan fingerprint density at radius 3 is 2.67 bits per heavy atom. The quantitative estimate of drug-likeness (QED) is 0.690. The van der Waals surface area contributed by atoms with Gasteiger partial charge in [-0.1, -0.05) is 46.3 Å². The first kappa shape index (κ1) is 13.1. The van der Waals surface area contributed by atoms with Crippen molar-refractivity contribution in [2.75, 3.05) is 11.4 Å². The Balaban J connectivity index is 1.78. The van der Waals surface area contributed by atoms with Gasteiger partial charge < -0.3 is 4.90 Å². The third-order valence-corrected chi connectivity index (χ3v) is 5.54. The first-order valence-corrected chi connectivity index (χ1v) is 8.31. The normalized spacial score (nSPS) is 23.0. The molecule has 3 heteroatoms. The molecule has 2 aromatic rings. The van der Waals surface area contributed by atoms with Crippen LogP contribution in [0.4, 0.5) is 5.69 Å². The fourth-order valence-electron chi connectivity index (χ4n) is 3.60. The monoisotopic (exact) mass is 341 g/mol. The van der Waals surface area contributed by atoms with E-state index in [0.29, 0.717) is 10.7 Å². The zero-order valence-corrected chi connectivity index (χ0v) is 13.2. The molecule has 0 bridgehead atoms. The van der Waals surface area contributed by atoms with Crippen LogP contribution >= 0.6 is 15.9 Å². The van der Waals surface area contributed by atoms with E-state index in [0.717, 1.165) is 30.6 Å². The highest BCUT2D eigenvalue weighted by Crippen LogP contribution is 2.50. The van der Waals surface area contributed by atoms with E-state index in [4.69, 9.17) is 0 Å². The summed E-state index contributed by atoms with van der Waals surface area (Å²) in [6.07, 6.45) is 2.30. The number of benzene rings is 2. The van der Waals surface area contributed by atoms with Crippen LogP contribution in [0.25, 0.3) is 0 Å². The van der Waals surface area contributed by atoms with Gasteiger partial charge in [-0.3, -0.25) is 4.79 Å². The molecule has 1 heterocycles. The van der Waals surface area contributed by atoms with Gasteiger partial charge in [0, 0.05) is 28.5 Å². The molecule has 2 atom stereocenters. The lowest BCUT2D eigenvalue weighted by atomic mass is 9.84. The highest BCUT2D eigenvalue weighted by molar-refractivity contribution is 9.09. The summed E-state index contributed by atoms with van der Waals surface area (Å²) in [6, 6.07) is 15.9. The molecule has 1 aliphatic carbocycles. The molecule has 2 nitrogen and oxygen atoms in total. The molecule has 2 aliphatic rings. The fraction of sp³-hybridized carbons (Fsp3) is 0.278. The summed E-state index contributed by atoms with van der Waals surface area (Å²) in [4.78, 5) is 15.2. The summed E-state index contributed by atoms with van der Waals surface area (Å²) in [5.74, 6) is 0.613. The first-order valence-electron chi connectivity index (χ1n) is 7.39. The van der Waals surface area contributed by atoms with Crippen molar-refractivity contribution in [3.05, 3.63) is 65.2 Å². The van der Waals surface area contributed by atoms with E-state index in [1.54, 1.807) is 0 Å². The Labute approximate surface area is 132 Å². The van der Waals surface area contributed by atoms with E-state index in [-0.39, 0.29) is 5.91 Å². The minimum atomic E-state index is 0.115. The van der Waals surface area contributed by atoms with Crippen LogP contribution in [0.2, 0.25) is 0 Å².